The Balaban J connectivity index is 1.78. The standard InChI is InChI=1S/C24H29N3O6S/c1-17(2)23-21(25-24(33-23)19-10-6-5-7-11-19)16-32-20-12-8-9-18(13-20)14-27(15-22(28)29)34(30,31)26(3)4/h5-13,17H,14-16H2,1-4H3,(H,28,29). The van der Waals surface area contributed by atoms with Crippen molar-refractivity contribution in [2.24, 2.45) is 0 Å². The number of aliphatic carboxylic acids is 1. The van der Waals surface area contributed by atoms with Gasteiger partial charge in [-0.1, -0.05) is 44.2 Å². The van der Waals surface area contributed by atoms with Gasteiger partial charge < -0.3 is 14.3 Å². The van der Waals surface area contributed by atoms with Crippen LogP contribution in [0.25, 0.3) is 11.5 Å². The molecule has 0 aliphatic rings. The third-order valence-corrected chi connectivity index (χ3v) is 6.84. The molecule has 0 radical (unpaired) electrons. The topological polar surface area (TPSA) is 113 Å². The molecule has 0 aliphatic carbocycles. The maximum Gasteiger partial charge on any atom is 0.318 e. The van der Waals surface area contributed by atoms with Crippen LogP contribution in [0.15, 0.2) is 59.0 Å². The lowest BCUT2D eigenvalue weighted by molar-refractivity contribution is -0.137. The summed E-state index contributed by atoms with van der Waals surface area (Å²) in [5, 5.41) is 9.16. The summed E-state index contributed by atoms with van der Waals surface area (Å²) in [6.07, 6.45) is 0. The lowest BCUT2D eigenvalue weighted by Gasteiger charge is -2.24. The van der Waals surface area contributed by atoms with E-state index in [1.807, 2.05) is 44.2 Å². The van der Waals surface area contributed by atoms with Crippen molar-refractivity contribution in [2.45, 2.75) is 32.9 Å². The molecule has 0 amide bonds. The zero-order chi connectivity index (χ0) is 24.9. The number of hydrogen-bond acceptors (Lipinski definition) is 6. The largest absolute Gasteiger partial charge is 0.487 e. The first-order valence-electron chi connectivity index (χ1n) is 10.7. The number of rotatable bonds is 11. The van der Waals surface area contributed by atoms with Crippen LogP contribution in [0.3, 0.4) is 0 Å². The highest BCUT2D eigenvalue weighted by atomic mass is 32.2. The molecule has 1 heterocycles. The monoisotopic (exact) mass is 487 g/mol. The van der Waals surface area contributed by atoms with Gasteiger partial charge in [0, 0.05) is 32.1 Å². The van der Waals surface area contributed by atoms with Gasteiger partial charge in [0.05, 0.1) is 0 Å². The van der Waals surface area contributed by atoms with E-state index in [4.69, 9.17) is 14.3 Å². The first-order chi connectivity index (χ1) is 16.1. The lowest BCUT2D eigenvalue weighted by Crippen LogP contribution is -2.42. The molecule has 0 aliphatic heterocycles. The number of benzene rings is 2. The third kappa shape index (κ3) is 6.22. The molecule has 0 saturated heterocycles. The number of carboxylic acids is 1. The van der Waals surface area contributed by atoms with E-state index >= 15 is 0 Å². The SMILES string of the molecule is CC(C)c1oc(-c2ccccc2)nc1COc1cccc(CN(CC(=O)O)S(=O)(=O)N(C)C)c1. The van der Waals surface area contributed by atoms with E-state index < -0.39 is 22.7 Å². The zero-order valence-electron chi connectivity index (χ0n) is 19.6. The minimum Gasteiger partial charge on any atom is -0.487 e. The summed E-state index contributed by atoms with van der Waals surface area (Å²) in [6, 6.07) is 16.5. The number of carboxylic acid groups (broad SMARTS) is 1. The van der Waals surface area contributed by atoms with Crippen LogP contribution in [0.2, 0.25) is 0 Å². The third-order valence-electron chi connectivity index (χ3n) is 5.00. The molecule has 0 spiro atoms. The Labute approximate surface area is 199 Å². The van der Waals surface area contributed by atoms with E-state index in [-0.39, 0.29) is 19.1 Å². The molecular formula is C24H29N3O6S. The summed E-state index contributed by atoms with van der Waals surface area (Å²) in [5.41, 5.74) is 2.15. The molecule has 2 aromatic carbocycles. The van der Waals surface area contributed by atoms with Gasteiger partial charge >= 0.3 is 5.97 Å². The predicted molar refractivity (Wildman–Crippen MR) is 127 cm³/mol. The maximum atomic E-state index is 12.5. The van der Waals surface area contributed by atoms with Gasteiger partial charge in [-0.25, -0.2) is 4.98 Å². The smallest absolute Gasteiger partial charge is 0.318 e. The van der Waals surface area contributed by atoms with Gasteiger partial charge in [0.2, 0.25) is 5.89 Å². The number of ether oxygens (including phenoxy) is 1. The fourth-order valence-corrected chi connectivity index (χ4v) is 4.36. The second-order valence-corrected chi connectivity index (χ2v) is 10.4. The number of nitrogens with zero attached hydrogens (tertiary/aromatic N) is 3. The van der Waals surface area contributed by atoms with Crippen LogP contribution in [0, 0.1) is 0 Å². The van der Waals surface area contributed by atoms with Gasteiger partial charge in [0.25, 0.3) is 10.2 Å². The van der Waals surface area contributed by atoms with Gasteiger partial charge in [-0.3, -0.25) is 4.79 Å². The van der Waals surface area contributed by atoms with Crippen LogP contribution < -0.4 is 4.74 Å². The Kier molecular flexibility index (Phi) is 8.08. The Hall–Kier alpha value is -3.21. The maximum absolute atomic E-state index is 12.5. The average molecular weight is 488 g/mol. The summed E-state index contributed by atoms with van der Waals surface area (Å²) >= 11 is 0. The highest BCUT2D eigenvalue weighted by Gasteiger charge is 2.27. The summed E-state index contributed by atoms with van der Waals surface area (Å²) < 4.78 is 38.9. The predicted octanol–water partition coefficient (Wildman–Crippen LogP) is 3.74. The lowest BCUT2D eigenvalue weighted by atomic mass is 10.1. The van der Waals surface area contributed by atoms with Crippen molar-refractivity contribution in [1.29, 1.82) is 0 Å². The van der Waals surface area contributed by atoms with E-state index in [2.05, 4.69) is 4.98 Å². The van der Waals surface area contributed by atoms with Gasteiger partial charge in [-0.05, 0) is 29.8 Å². The molecule has 10 heteroatoms. The molecule has 3 aromatic rings. The van der Waals surface area contributed by atoms with E-state index in [1.54, 1.807) is 24.3 Å². The van der Waals surface area contributed by atoms with Crippen LogP contribution in [-0.4, -0.2) is 53.7 Å². The molecular weight excluding hydrogens is 458 g/mol. The van der Waals surface area contributed by atoms with Crippen molar-refractivity contribution >= 4 is 16.2 Å². The van der Waals surface area contributed by atoms with Crippen LogP contribution in [0.4, 0.5) is 0 Å². The molecule has 0 atom stereocenters. The van der Waals surface area contributed by atoms with Gasteiger partial charge in [-0.15, -0.1) is 0 Å². The van der Waals surface area contributed by atoms with Crippen molar-refractivity contribution < 1.29 is 27.5 Å². The van der Waals surface area contributed by atoms with Crippen LogP contribution in [-0.2, 0) is 28.2 Å². The highest BCUT2D eigenvalue weighted by Crippen LogP contribution is 2.28. The minimum absolute atomic E-state index is 0.107. The molecule has 1 N–H and O–H groups in total. The van der Waals surface area contributed by atoms with Gasteiger partial charge in [0.1, 0.15) is 30.4 Å². The molecule has 34 heavy (non-hydrogen) atoms. The molecule has 0 unspecified atom stereocenters. The Morgan fingerprint density at radius 2 is 1.82 bits per heavy atom. The number of hydrogen-bond donors (Lipinski definition) is 1. The van der Waals surface area contributed by atoms with Gasteiger partial charge in [-0.2, -0.15) is 17.0 Å². The molecule has 182 valence electrons. The average Bonchev–Trinajstić information content (AvgIpc) is 3.22. The quantitative estimate of drug-likeness (QED) is 0.438. The number of carbonyl (C=O) groups is 1. The fourth-order valence-electron chi connectivity index (χ4n) is 3.31. The Morgan fingerprint density at radius 3 is 2.44 bits per heavy atom. The summed E-state index contributed by atoms with van der Waals surface area (Å²) in [6.45, 7) is 3.44. The summed E-state index contributed by atoms with van der Waals surface area (Å²) in [7, 11) is -1.20. The normalized spacial score (nSPS) is 12.0. The highest BCUT2D eigenvalue weighted by molar-refractivity contribution is 7.86. The summed E-state index contributed by atoms with van der Waals surface area (Å²) in [4.78, 5) is 15.8. The van der Waals surface area contributed by atoms with Gasteiger partial charge in [0.15, 0.2) is 0 Å². The van der Waals surface area contributed by atoms with Crippen molar-refractivity contribution in [3.63, 3.8) is 0 Å². The van der Waals surface area contributed by atoms with E-state index in [1.165, 1.54) is 14.1 Å². The first-order valence-corrected chi connectivity index (χ1v) is 12.1. The van der Waals surface area contributed by atoms with E-state index in [9.17, 15) is 13.2 Å². The summed E-state index contributed by atoms with van der Waals surface area (Å²) in [5.74, 6) is 0.638. The van der Waals surface area contributed by atoms with Crippen LogP contribution in [0.5, 0.6) is 5.75 Å². The fraction of sp³-hybridized carbons (Fsp3) is 0.333. The van der Waals surface area contributed by atoms with Crippen molar-refractivity contribution in [1.82, 2.24) is 13.6 Å². The Morgan fingerprint density at radius 1 is 1.12 bits per heavy atom. The van der Waals surface area contributed by atoms with Crippen LogP contribution >= 0.6 is 0 Å². The van der Waals surface area contributed by atoms with Crippen LogP contribution in [0.1, 0.15) is 36.8 Å². The molecule has 9 nitrogen and oxygen atoms in total. The van der Waals surface area contributed by atoms with Crippen molar-refractivity contribution in [3.05, 3.63) is 71.6 Å². The first kappa shape index (κ1) is 25.4. The van der Waals surface area contributed by atoms with E-state index in [0.29, 0.717) is 22.9 Å². The van der Waals surface area contributed by atoms with Crippen molar-refractivity contribution in [2.75, 3.05) is 20.6 Å². The minimum atomic E-state index is -3.92. The Bertz CT molecular complexity index is 1220. The molecule has 0 bridgehead atoms. The number of oxazole rings is 1. The van der Waals surface area contributed by atoms with E-state index in [0.717, 1.165) is 19.9 Å². The molecule has 0 fully saturated rings. The zero-order valence-corrected chi connectivity index (χ0v) is 20.4. The second kappa shape index (κ2) is 10.8. The molecule has 1 aromatic heterocycles. The number of aromatic nitrogens is 1. The second-order valence-electron chi connectivity index (χ2n) is 8.24. The van der Waals surface area contributed by atoms with Crippen molar-refractivity contribution in [3.8, 4) is 17.2 Å². The molecule has 0 saturated carbocycles. The molecule has 3 rings (SSSR count).